The predicted molar refractivity (Wildman–Crippen MR) is 49.1 cm³/mol. The Labute approximate surface area is 73.0 Å². The summed E-state index contributed by atoms with van der Waals surface area (Å²) in [4.78, 5) is 4.15. The summed E-state index contributed by atoms with van der Waals surface area (Å²) in [6, 6.07) is 4.18. The Bertz CT molecular complexity index is 250. The summed E-state index contributed by atoms with van der Waals surface area (Å²) in [7, 11) is 0. The molecule has 1 aromatic heterocycles. The fourth-order valence-corrected chi connectivity index (χ4v) is 1.78. The Balaban J connectivity index is 2.29. The summed E-state index contributed by atoms with van der Waals surface area (Å²) in [5.41, 5.74) is 1.67. The SMILES string of the molecule is C[C@@]1(c2cccnc2)CCNC1. The van der Waals surface area contributed by atoms with Gasteiger partial charge in [-0.15, -0.1) is 0 Å². The monoisotopic (exact) mass is 162 g/mol. The largest absolute Gasteiger partial charge is 0.316 e. The van der Waals surface area contributed by atoms with Crippen LogP contribution in [-0.2, 0) is 5.41 Å². The molecular formula is C10H14N2. The average Bonchev–Trinajstić information content (AvgIpc) is 2.55. The molecule has 64 valence electrons. The van der Waals surface area contributed by atoms with Gasteiger partial charge in [-0.2, -0.15) is 0 Å². The number of rotatable bonds is 1. The molecule has 1 aromatic rings. The first-order valence-corrected chi connectivity index (χ1v) is 4.42. The van der Waals surface area contributed by atoms with E-state index in [-0.39, 0.29) is 0 Å². The summed E-state index contributed by atoms with van der Waals surface area (Å²) in [6.07, 6.45) is 5.03. The molecular weight excluding hydrogens is 148 g/mol. The summed E-state index contributed by atoms with van der Waals surface area (Å²) >= 11 is 0. The fourth-order valence-electron chi connectivity index (χ4n) is 1.78. The molecule has 1 aliphatic heterocycles. The van der Waals surface area contributed by atoms with E-state index in [0.717, 1.165) is 13.1 Å². The highest BCUT2D eigenvalue weighted by Gasteiger charge is 2.30. The Kier molecular flexibility index (Phi) is 1.85. The molecule has 1 saturated heterocycles. The van der Waals surface area contributed by atoms with Crippen LogP contribution < -0.4 is 5.32 Å². The lowest BCUT2D eigenvalue weighted by Crippen LogP contribution is -2.24. The van der Waals surface area contributed by atoms with Crippen molar-refractivity contribution >= 4 is 0 Å². The number of nitrogens with one attached hydrogen (secondary N) is 1. The summed E-state index contributed by atoms with van der Waals surface area (Å²) in [5, 5.41) is 3.38. The van der Waals surface area contributed by atoms with Crippen molar-refractivity contribution in [2.24, 2.45) is 0 Å². The molecule has 2 nitrogen and oxygen atoms in total. The molecule has 0 saturated carbocycles. The van der Waals surface area contributed by atoms with Gasteiger partial charge in [-0.1, -0.05) is 13.0 Å². The van der Waals surface area contributed by atoms with Crippen molar-refractivity contribution in [2.75, 3.05) is 13.1 Å². The van der Waals surface area contributed by atoms with Gasteiger partial charge in [0.1, 0.15) is 0 Å². The van der Waals surface area contributed by atoms with E-state index in [1.165, 1.54) is 12.0 Å². The second-order valence-corrected chi connectivity index (χ2v) is 3.73. The van der Waals surface area contributed by atoms with E-state index in [2.05, 4.69) is 23.3 Å². The van der Waals surface area contributed by atoms with Crippen molar-refractivity contribution in [1.29, 1.82) is 0 Å². The average molecular weight is 162 g/mol. The first-order valence-electron chi connectivity index (χ1n) is 4.42. The molecule has 0 amide bonds. The van der Waals surface area contributed by atoms with Crippen LogP contribution in [-0.4, -0.2) is 18.1 Å². The van der Waals surface area contributed by atoms with E-state index in [0.29, 0.717) is 5.41 Å². The maximum atomic E-state index is 4.15. The lowest BCUT2D eigenvalue weighted by Gasteiger charge is -2.22. The van der Waals surface area contributed by atoms with Crippen molar-refractivity contribution in [2.45, 2.75) is 18.8 Å². The van der Waals surface area contributed by atoms with Crippen LogP contribution >= 0.6 is 0 Å². The molecule has 0 spiro atoms. The van der Waals surface area contributed by atoms with E-state index in [1.54, 1.807) is 0 Å². The molecule has 2 heterocycles. The van der Waals surface area contributed by atoms with E-state index < -0.39 is 0 Å². The zero-order valence-electron chi connectivity index (χ0n) is 7.38. The number of nitrogens with zero attached hydrogens (tertiary/aromatic N) is 1. The quantitative estimate of drug-likeness (QED) is 0.674. The van der Waals surface area contributed by atoms with Gasteiger partial charge in [-0.25, -0.2) is 0 Å². The first-order chi connectivity index (χ1) is 5.81. The Morgan fingerprint density at radius 1 is 1.58 bits per heavy atom. The highest BCUT2D eigenvalue weighted by molar-refractivity contribution is 5.22. The molecule has 1 fully saturated rings. The summed E-state index contributed by atoms with van der Waals surface area (Å²) in [5.74, 6) is 0. The molecule has 0 radical (unpaired) electrons. The molecule has 1 aliphatic rings. The number of hydrogen-bond donors (Lipinski definition) is 1. The maximum absolute atomic E-state index is 4.15. The Hall–Kier alpha value is -0.890. The van der Waals surface area contributed by atoms with Gasteiger partial charge in [0.25, 0.3) is 0 Å². The van der Waals surface area contributed by atoms with Crippen LogP contribution in [0.25, 0.3) is 0 Å². The van der Waals surface area contributed by atoms with Crippen LogP contribution in [0.2, 0.25) is 0 Å². The van der Waals surface area contributed by atoms with Crippen molar-refractivity contribution in [3.63, 3.8) is 0 Å². The molecule has 12 heavy (non-hydrogen) atoms. The number of hydrogen-bond acceptors (Lipinski definition) is 2. The molecule has 0 aliphatic carbocycles. The molecule has 0 unspecified atom stereocenters. The van der Waals surface area contributed by atoms with E-state index in [4.69, 9.17) is 0 Å². The summed E-state index contributed by atoms with van der Waals surface area (Å²) < 4.78 is 0. The lowest BCUT2D eigenvalue weighted by molar-refractivity contribution is 0.523. The van der Waals surface area contributed by atoms with Crippen molar-refractivity contribution in [3.05, 3.63) is 30.1 Å². The molecule has 1 N–H and O–H groups in total. The summed E-state index contributed by atoms with van der Waals surface area (Å²) in [6.45, 7) is 4.51. The predicted octanol–water partition coefficient (Wildman–Crippen LogP) is 1.33. The van der Waals surface area contributed by atoms with Crippen LogP contribution in [0.1, 0.15) is 18.9 Å². The zero-order valence-corrected chi connectivity index (χ0v) is 7.38. The molecule has 1 atom stereocenters. The standard InChI is InChI=1S/C10H14N2/c1-10(4-6-12-8-10)9-3-2-5-11-7-9/h2-3,5,7,12H,4,6,8H2,1H3/t10-/m1/s1. The van der Waals surface area contributed by atoms with E-state index in [9.17, 15) is 0 Å². The topological polar surface area (TPSA) is 24.9 Å². The first kappa shape index (κ1) is 7.74. The number of aromatic nitrogens is 1. The second kappa shape index (κ2) is 2.87. The van der Waals surface area contributed by atoms with Crippen LogP contribution in [0, 0.1) is 0 Å². The molecule has 2 rings (SSSR count). The van der Waals surface area contributed by atoms with E-state index >= 15 is 0 Å². The van der Waals surface area contributed by atoms with Gasteiger partial charge in [-0.3, -0.25) is 4.98 Å². The third-order valence-electron chi connectivity index (χ3n) is 2.73. The maximum Gasteiger partial charge on any atom is 0.0305 e. The van der Waals surface area contributed by atoms with Gasteiger partial charge < -0.3 is 5.32 Å². The van der Waals surface area contributed by atoms with Crippen LogP contribution in [0.4, 0.5) is 0 Å². The minimum Gasteiger partial charge on any atom is -0.316 e. The Morgan fingerprint density at radius 3 is 3.08 bits per heavy atom. The third-order valence-corrected chi connectivity index (χ3v) is 2.73. The Morgan fingerprint density at radius 2 is 2.50 bits per heavy atom. The van der Waals surface area contributed by atoms with Gasteiger partial charge in [0.05, 0.1) is 0 Å². The van der Waals surface area contributed by atoms with Gasteiger partial charge in [0, 0.05) is 24.4 Å². The van der Waals surface area contributed by atoms with Gasteiger partial charge >= 0.3 is 0 Å². The van der Waals surface area contributed by atoms with E-state index in [1.807, 2.05) is 18.5 Å². The smallest absolute Gasteiger partial charge is 0.0305 e. The van der Waals surface area contributed by atoms with Gasteiger partial charge in [0.2, 0.25) is 0 Å². The van der Waals surface area contributed by atoms with Crippen LogP contribution in [0.3, 0.4) is 0 Å². The molecule has 0 aromatic carbocycles. The second-order valence-electron chi connectivity index (χ2n) is 3.73. The van der Waals surface area contributed by atoms with Gasteiger partial charge in [-0.05, 0) is 24.6 Å². The minimum atomic E-state index is 0.314. The normalized spacial score (nSPS) is 29.1. The molecule has 2 heteroatoms. The fraction of sp³-hybridized carbons (Fsp3) is 0.500. The van der Waals surface area contributed by atoms with Crippen molar-refractivity contribution in [3.8, 4) is 0 Å². The van der Waals surface area contributed by atoms with Crippen LogP contribution in [0.15, 0.2) is 24.5 Å². The van der Waals surface area contributed by atoms with Crippen molar-refractivity contribution < 1.29 is 0 Å². The third kappa shape index (κ3) is 1.23. The van der Waals surface area contributed by atoms with Crippen LogP contribution in [0.5, 0.6) is 0 Å². The number of pyridine rings is 1. The molecule has 0 bridgehead atoms. The van der Waals surface area contributed by atoms with Crippen molar-refractivity contribution in [1.82, 2.24) is 10.3 Å². The van der Waals surface area contributed by atoms with Gasteiger partial charge in [0.15, 0.2) is 0 Å². The highest BCUT2D eigenvalue weighted by atomic mass is 14.9. The lowest BCUT2D eigenvalue weighted by atomic mass is 9.83. The highest BCUT2D eigenvalue weighted by Crippen LogP contribution is 2.28. The minimum absolute atomic E-state index is 0.314. The zero-order chi connectivity index (χ0) is 8.44.